The summed E-state index contributed by atoms with van der Waals surface area (Å²) in [6.07, 6.45) is 3.26. The van der Waals surface area contributed by atoms with E-state index >= 15 is 0 Å². The van der Waals surface area contributed by atoms with Crippen LogP contribution in [-0.2, 0) is 0 Å². The van der Waals surface area contributed by atoms with Crippen LogP contribution in [0.5, 0.6) is 11.5 Å². The minimum absolute atomic E-state index is 0.585. The summed E-state index contributed by atoms with van der Waals surface area (Å²) >= 11 is 6.08. The average Bonchev–Trinajstić information content (AvgIpc) is 2.58. The SMILES string of the molecule is N#Cc1ccc(Oc2ccc(Cl)cc2-c2ccnnc2)cc1. The molecule has 4 nitrogen and oxygen atoms in total. The summed E-state index contributed by atoms with van der Waals surface area (Å²) in [5.74, 6) is 1.30. The normalized spacial score (nSPS) is 10.0. The summed E-state index contributed by atoms with van der Waals surface area (Å²) in [5.41, 5.74) is 2.27. The molecule has 0 unspecified atom stereocenters. The van der Waals surface area contributed by atoms with Crippen LogP contribution < -0.4 is 4.74 Å². The molecule has 0 bridgehead atoms. The lowest BCUT2D eigenvalue weighted by atomic mass is 10.1. The van der Waals surface area contributed by atoms with Crippen molar-refractivity contribution in [2.75, 3.05) is 0 Å². The summed E-state index contributed by atoms with van der Waals surface area (Å²) in [4.78, 5) is 0. The van der Waals surface area contributed by atoms with Crippen LogP contribution in [0, 0.1) is 11.3 Å². The van der Waals surface area contributed by atoms with E-state index in [0.29, 0.717) is 22.1 Å². The zero-order valence-corrected chi connectivity index (χ0v) is 12.2. The molecule has 0 atom stereocenters. The van der Waals surface area contributed by atoms with Crippen LogP contribution in [0.15, 0.2) is 60.9 Å². The van der Waals surface area contributed by atoms with E-state index in [1.807, 2.05) is 12.1 Å². The standard InChI is InChI=1S/C17H10ClN3O/c18-14-3-6-17(16(9-14)13-7-8-20-21-11-13)22-15-4-1-12(10-19)2-5-15/h1-9,11H. The van der Waals surface area contributed by atoms with Crippen molar-refractivity contribution in [3.8, 4) is 28.7 Å². The minimum atomic E-state index is 0.585. The van der Waals surface area contributed by atoms with Crippen molar-refractivity contribution in [2.45, 2.75) is 0 Å². The molecule has 3 aromatic rings. The van der Waals surface area contributed by atoms with E-state index < -0.39 is 0 Å². The lowest BCUT2D eigenvalue weighted by Gasteiger charge is -2.11. The van der Waals surface area contributed by atoms with Gasteiger partial charge in [0, 0.05) is 16.1 Å². The van der Waals surface area contributed by atoms with Crippen LogP contribution in [0.4, 0.5) is 0 Å². The van der Waals surface area contributed by atoms with Crippen molar-refractivity contribution >= 4 is 11.6 Å². The molecule has 0 aliphatic rings. The highest BCUT2D eigenvalue weighted by molar-refractivity contribution is 6.31. The molecule has 5 heteroatoms. The third-order valence-corrected chi connectivity index (χ3v) is 3.28. The number of nitriles is 1. The molecular weight excluding hydrogens is 298 g/mol. The van der Waals surface area contributed by atoms with E-state index in [4.69, 9.17) is 21.6 Å². The zero-order valence-electron chi connectivity index (χ0n) is 11.4. The Labute approximate surface area is 132 Å². The van der Waals surface area contributed by atoms with Gasteiger partial charge in [-0.25, -0.2) is 0 Å². The minimum Gasteiger partial charge on any atom is -0.457 e. The first-order valence-electron chi connectivity index (χ1n) is 6.51. The lowest BCUT2D eigenvalue weighted by Crippen LogP contribution is -1.90. The van der Waals surface area contributed by atoms with Gasteiger partial charge in [-0.1, -0.05) is 11.6 Å². The Kier molecular flexibility index (Phi) is 3.99. The van der Waals surface area contributed by atoms with Gasteiger partial charge >= 0.3 is 0 Å². The van der Waals surface area contributed by atoms with E-state index in [2.05, 4.69) is 16.3 Å². The highest BCUT2D eigenvalue weighted by Gasteiger charge is 2.09. The number of benzene rings is 2. The summed E-state index contributed by atoms with van der Waals surface area (Å²) in [7, 11) is 0. The molecule has 2 aromatic carbocycles. The smallest absolute Gasteiger partial charge is 0.135 e. The molecule has 106 valence electrons. The predicted octanol–water partition coefficient (Wildman–Crippen LogP) is 4.46. The maximum Gasteiger partial charge on any atom is 0.135 e. The molecule has 0 aliphatic carbocycles. The largest absolute Gasteiger partial charge is 0.457 e. The first-order valence-corrected chi connectivity index (χ1v) is 6.89. The lowest BCUT2D eigenvalue weighted by molar-refractivity contribution is 0.484. The third-order valence-electron chi connectivity index (χ3n) is 3.05. The quantitative estimate of drug-likeness (QED) is 0.716. The van der Waals surface area contributed by atoms with Crippen LogP contribution in [-0.4, -0.2) is 10.2 Å². The van der Waals surface area contributed by atoms with Crippen molar-refractivity contribution in [3.63, 3.8) is 0 Å². The van der Waals surface area contributed by atoms with Gasteiger partial charge in [0.2, 0.25) is 0 Å². The highest BCUT2D eigenvalue weighted by atomic mass is 35.5. The fourth-order valence-corrected chi connectivity index (χ4v) is 2.16. The monoisotopic (exact) mass is 307 g/mol. The molecule has 0 saturated carbocycles. The van der Waals surface area contributed by atoms with Gasteiger partial charge in [0.25, 0.3) is 0 Å². The van der Waals surface area contributed by atoms with Crippen LogP contribution in [0.2, 0.25) is 5.02 Å². The maximum atomic E-state index is 8.82. The van der Waals surface area contributed by atoms with E-state index in [-0.39, 0.29) is 0 Å². The van der Waals surface area contributed by atoms with Gasteiger partial charge in [0.1, 0.15) is 11.5 Å². The third kappa shape index (κ3) is 3.05. The zero-order chi connectivity index (χ0) is 15.4. The summed E-state index contributed by atoms with van der Waals surface area (Å²) in [5, 5.41) is 17.1. The van der Waals surface area contributed by atoms with E-state index in [9.17, 15) is 0 Å². The van der Waals surface area contributed by atoms with Gasteiger partial charge in [-0.3, -0.25) is 0 Å². The van der Waals surface area contributed by atoms with Gasteiger partial charge in [-0.15, -0.1) is 0 Å². The van der Waals surface area contributed by atoms with Crippen molar-refractivity contribution in [2.24, 2.45) is 0 Å². The molecule has 22 heavy (non-hydrogen) atoms. The molecule has 0 aliphatic heterocycles. The van der Waals surface area contributed by atoms with Gasteiger partial charge < -0.3 is 4.74 Å². The maximum absolute atomic E-state index is 8.82. The van der Waals surface area contributed by atoms with Crippen molar-refractivity contribution in [3.05, 3.63) is 71.5 Å². The number of hydrogen-bond acceptors (Lipinski definition) is 4. The molecule has 0 spiro atoms. The summed E-state index contributed by atoms with van der Waals surface area (Å²) in [6.45, 7) is 0. The van der Waals surface area contributed by atoms with Crippen LogP contribution in [0.25, 0.3) is 11.1 Å². The highest BCUT2D eigenvalue weighted by Crippen LogP contribution is 2.35. The molecule has 0 amide bonds. The van der Waals surface area contributed by atoms with Crippen molar-refractivity contribution in [1.82, 2.24) is 10.2 Å². The molecule has 1 heterocycles. The van der Waals surface area contributed by atoms with Crippen LogP contribution in [0.1, 0.15) is 5.56 Å². The Morgan fingerprint density at radius 3 is 2.50 bits per heavy atom. The molecule has 0 saturated heterocycles. The first-order chi connectivity index (χ1) is 10.8. The van der Waals surface area contributed by atoms with E-state index in [1.54, 1.807) is 48.8 Å². The van der Waals surface area contributed by atoms with Gasteiger partial charge in [-0.05, 0) is 48.5 Å². The van der Waals surface area contributed by atoms with Crippen LogP contribution in [0.3, 0.4) is 0 Å². The number of hydrogen-bond donors (Lipinski definition) is 0. The Morgan fingerprint density at radius 1 is 1.00 bits per heavy atom. The molecular formula is C17H10ClN3O. The fourth-order valence-electron chi connectivity index (χ4n) is 1.99. The van der Waals surface area contributed by atoms with Gasteiger partial charge in [0.15, 0.2) is 0 Å². The second-order valence-electron chi connectivity index (χ2n) is 4.51. The number of rotatable bonds is 3. The average molecular weight is 308 g/mol. The second kappa shape index (κ2) is 6.25. The van der Waals surface area contributed by atoms with Crippen molar-refractivity contribution in [1.29, 1.82) is 5.26 Å². The number of nitrogens with zero attached hydrogens (tertiary/aromatic N) is 3. The summed E-state index contributed by atoms with van der Waals surface area (Å²) < 4.78 is 5.90. The van der Waals surface area contributed by atoms with Gasteiger partial charge in [-0.2, -0.15) is 15.5 Å². The topological polar surface area (TPSA) is 58.8 Å². The predicted molar refractivity (Wildman–Crippen MR) is 83.7 cm³/mol. The molecule has 0 fully saturated rings. The van der Waals surface area contributed by atoms with Gasteiger partial charge in [0.05, 0.1) is 24.0 Å². The van der Waals surface area contributed by atoms with E-state index in [1.165, 1.54) is 0 Å². The first kappa shape index (κ1) is 14.1. The Hall–Kier alpha value is -2.90. The summed E-state index contributed by atoms with van der Waals surface area (Å²) in [6, 6.07) is 16.2. The van der Waals surface area contributed by atoms with E-state index in [0.717, 1.165) is 11.1 Å². The van der Waals surface area contributed by atoms with Crippen molar-refractivity contribution < 1.29 is 4.74 Å². The van der Waals surface area contributed by atoms with Crippen LogP contribution >= 0.6 is 11.6 Å². The Morgan fingerprint density at radius 2 is 1.82 bits per heavy atom. The number of aromatic nitrogens is 2. The Balaban J connectivity index is 1.98. The molecule has 1 aromatic heterocycles. The number of halogens is 1. The second-order valence-corrected chi connectivity index (χ2v) is 4.95. The Bertz CT molecular complexity index is 827. The fraction of sp³-hybridized carbons (Fsp3) is 0. The molecule has 0 N–H and O–H groups in total. The molecule has 3 rings (SSSR count). The number of ether oxygens (including phenoxy) is 1. The molecule has 0 radical (unpaired) electrons.